The molecule has 4 heteroatoms. The zero-order valence-corrected chi connectivity index (χ0v) is 15.1. The van der Waals surface area contributed by atoms with Crippen LogP contribution in [0.3, 0.4) is 0 Å². The molecule has 0 saturated heterocycles. The standard InChI is InChI=1S/C23H20N2O2/c1-27-22-14-8-6-12-19(22)24-23(26)16-25-20-13-7-5-11-18(20)15-21(25)17-9-3-2-4-10-17/h2-15H,16H2,1H3,(H,24,26). The van der Waals surface area contributed by atoms with Gasteiger partial charge < -0.3 is 14.6 Å². The third-order valence-electron chi connectivity index (χ3n) is 4.56. The van der Waals surface area contributed by atoms with Crippen LogP contribution in [0.15, 0.2) is 84.9 Å². The lowest BCUT2D eigenvalue weighted by Crippen LogP contribution is -2.19. The van der Waals surface area contributed by atoms with Crippen LogP contribution >= 0.6 is 0 Å². The predicted molar refractivity (Wildman–Crippen MR) is 109 cm³/mol. The molecule has 0 radical (unpaired) electrons. The van der Waals surface area contributed by atoms with Gasteiger partial charge in [0.2, 0.25) is 5.91 Å². The number of carbonyl (C=O) groups excluding carboxylic acids is 1. The number of ether oxygens (including phenoxy) is 1. The van der Waals surface area contributed by atoms with Gasteiger partial charge in [0.1, 0.15) is 12.3 Å². The molecule has 0 unspecified atom stereocenters. The minimum Gasteiger partial charge on any atom is -0.495 e. The molecule has 0 saturated carbocycles. The third-order valence-corrected chi connectivity index (χ3v) is 4.56. The van der Waals surface area contributed by atoms with E-state index in [0.717, 1.165) is 22.2 Å². The van der Waals surface area contributed by atoms with Crippen LogP contribution < -0.4 is 10.1 Å². The van der Waals surface area contributed by atoms with Crippen LogP contribution in [0.5, 0.6) is 5.75 Å². The van der Waals surface area contributed by atoms with Gasteiger partial charge in [-0.3, -0.25) is 4.79 Å². The molecular formula is C23H20N2O2. The first-order valence-electron chi connectivity index (χ1n) is 8.83. The molecule has 134 valence electrons. The Balaban J connectivity index is 1.70. The SMILES string of the molecule is COc1ccccc1NC(=O)Cn1c(-c2ccccc2)cc2ccccc21. The van der Waals surface area contributed by atoms with E-state index in [4.69, 9.17) is 4.74 Å². The minimum absolute atomic E-state index is 0.0990. The van der Waals surface area contributed by atoms with Crippen molar-refractivity contribution in [1.29, 1.82) is 0 Å². The molecule has 1 aromatic heterocycles. The summed E-state index contributed by atoms with van der Waals surface area (Å²) in [6.07, 6.45) is 0. The van der Waals surface area contributed by atoms with Crippen LogP contribution in [0.25, 0.3) is 22.2 Å². The molecule has 3 aromatic carbocycles. The number of hydrogen-bond donors (Lipinski definition) is 1. The molecule has 0 atom stereocenters. The summed E-state index contributed by atoms with van der Waals surface area (Å²) in [7, 11) is 1.60. The number of nitrogens with zero attached hydrogens (tertiary/aromatic N) is 1. The van der Waals surface area contributed by atoms with E-state index in [-0.39, 0.29) is 12.5 Å². The number of anilines is 1. The molecule has 0 spiro atoms. The summed E-state index contributed by atoms with van der Waals surface area (Å²) in [6, 6.07) is 27.8. The topological polar surface area (TPSA) is 43.3 Å². The lowest BCUT2D eigenvalue weighted by atomic mass is 10.1. The van der Waals surface area contributed by atoms with E-state index in [1.54, 1.807) is 7.11 Å². The van der Waals surface area contributed by atoms with Gasteiger partial charge in [-0.05, 0) is 29.8 Å². The van der Waals surface area contributed by atoms with Crippen LogP contribution in [-0.4, -0.2) is 17.6 Å². The lowest BCUT2D eigenvalue weighted by Gasteiger charge is -2.13. The Labute approximate surface area is 158 Å². The second kappa shape index (κ2) is 7.38. The van der Waals surface area contributed by atoms with E-state index in [9.17, 15) is 4.79 Å². The van der Waals surface area contributed by atoms with Gasteiger partial charge in [0.05, 0.1) is 12.8 Å². The summed E-state index contributed by atoms with van der Waals surface area (Å²) in [4.78, 5) is 12.8. The summed E-state index contributed by atoms with van der Waals surface area (Å²) in [5.74, 6) is 0.546. The number of para-hydroxylation sites is 3. The number of hydrogen-bond acceptors (Lipinski definition) is 2. The Morgan fingerprint density at radius 3 is 2.44 bits per heavy atom. The Morgan fingerprint density at radius 1 is 0.926 bits per heavy atom. The highest BCUT2D eigenvalue weighted by Crippen LogP contribution is 2.29. The second-order valence-corrected chi connectivity index (χ2v) is 6.29. The molecule has 1 N–H and O–H groups in total. The molecule has 27 heavy (non-hydrogen) atoms. The summed E-state index contributed by atoms with van der Waals surface area (Å²) in [5.41, 5.74) is 3.81. The molecule has 4 aromatic rings. The number of benzene rings is 3. The molecule has 4 nitrogen and oxygen atoms in total. The van der Waals surface area contributed by atoms with Crippen molar-refractivity contribution in [3.63, 3.8) is 0 Å². The Kier molecular flexibility index (Phi) is 4.62. The number of amides is 1. The Bertz CT molecular complexity index is 1080. The minimum atomic E-state index is -0.0990. The van der Waals surface area contributed by atoms with Gasteiger partial charge in [-0.2, -0.15) is 0 Å². The highest BCUT2D eigenvalue weighted by atomic mass is 16.5. The third kappa shape index (κ3) is 3.42. The van der Waals surface area contributed by atoms with Crippen molar-refractivity contribution < 1.29 is 9.53 Å². The van der Waals surface area contributed by atoms with E-state index in [2.05, 4.69) is 34.1 Å². The van der Waals surface area contributed by atoms with Crippen molar-refractivity contribution in [2.45, 2.75) is 6.54 Å². The molecule has 0 aliphatic carbocycles. The molecule has 1 amide bonds. The monoisotopic (exact) mass is 356 g/mol. The van der Waals surface area contributed by atoms with Crippen molar-refractivity contribution in [3.8, 4) is 17.0 Å². The largest absolute Gasteiger partial charge is 0.495 e. The molecule has 0 aliphatic heterocycles. The van der Waals surface area contributed by atoms with E-state index < -0.39 is 0 Å². The second-order valence-electron chi connectivity index (χ2n) is 6.29. The van der Waals surface area contributed by atoms with Gasteiger partial charge in [-0.1, -0.05) is 60.7 Å². The average molecular weight is 356 g/mol. The van der Waals surface area contributed by atoms with Crippen molar-refractivity contribution in [2.75, 3.05) is 12.4 Å². The van der Waals surface area contributed by atoms with Gasteiger partial charge in [-0.15, -0.1) is 0 Å². The van der Waals surface area contributed by atoms with Gasteiger partial charge in [-0.25, -0.2) is 0 Å². The molecular weight excluding hydrogens is 336 g/mol. The maximum Gasteiger partial charge on any atom is 0.244 e. The Hall–Kier alpha value is -3.53. The van der Waals surface area contributed by atoms with E-state index in [1.165, 1.54) is 0 Å². The highest BCUT2D eigenvalue weighted by Gasteiger charge is 2.14. The quantitative estimate of drug-likeness (QED) is 0.549. The van der Waals surface area contributed by atoms with Crippen molar-refractivity contribution >= 4 is 22.5 Å². The van der Waals surface area contributed by atoms with Crippen LogP contribution in [0.4, 0.5) is 5.69 Å². The summed E-state index contributed by atoms with van der Waals surface area (Å²) < 4.78 is 7.37. The van der Waals surface area contributed by atoms with Crippen LogP contribution in [0.2, 0.25) is 0 Å². The van der Waals surface area contributed by atoms with Crippen LogP contribution in [0, 0.1) is 0 Å². The lowest BCUT2D eigenvalue weighted by molar-refractivity contribution is -0.116. The van der Waals surface area contributed by atoms with Crippen LogP contribution in [0.1, 0.15) is 0 Å². The van der Waals surface area contributed by atoms with Crippen molar-refractivity contribution in [1.82, 2.24) is 4.57 Å². The summed E-state index contributed by atoms with van der Waals surface area (Å²) in [6.45, 7) is 0.218. The fraction of sp³-hybridized carbons (Fsp3) is 0.0870. The molecule has 0 aliphatic rings. The first-order valence-corrected chi connectivity index (χ1v) is 8.83. The van der Waals surface area contributed by atoms with Gasteiger partial charge >= 0.3 is 0 Å². The van der Waals surface area contributed by atoms with Crippen molar-refractivity contribution in [2.24, 2.45) is 0 Å². The van der Waals surface area contributed by atoms with Gasteiger partial charge in [0.15, 0.2) is 0 Å². The number of methoxy groups -OCH3 is 1. The maximum atomic E-state index is 12.8. The van der Waals surface area contributed by atoms with E-state index >= 15 is 0 Å². The fourth-order valence-electron chi connectivity index (χ4n) is 3.31. The average Bonchev–Trinajstić information content (AvgIpc) is 3.07. The van der Waals surface area contributed by atoms with Crippen molar-refractivity contribution in [3.05, 3.63) is 84.9 Å². The summed E-state index contributed by atoms with van der Waals surface area (Å²) in [5, 5.41) is 4.07. The van der Waals surface area contributed by atoms with E-state index in [0.29, 0.717) is 11.4 Å². The number of fused-ring (bicyclic) bond motifs is 1. The zero-order chi connectivity index (χ0) is 18.6. The summed E-state index contributed by atoms with van der Waals surface area (Å²) >= 11 is 0. The maximum absolute atomic E-state index is 12.8. The van der Waals surface area contributed by atoms with Gasteiger partial charge in [0.25, 0.3) is 0 Å². The number of carbonyl (C=O) groups is 1. The molecule has 0 fully saturated rings. The Morgan fingerprint density at radius 2 is 1.63 bits per heavy atom. The van der Waals surface area contributed by atoms with Gasteiger partial charge in [0, 0.05) is 16.6 Å². The predicted octanol–water partition coefficient (Wildman–Crippen LogP) is 4.96. The smallest absolute Gasteiger partial charge is 0.244 e. The molecule has 0 bridgehead atoms. The number of nitrogens with one attached hydrogen (secondary N) is 1. The zero-order valence-electron chi connectivity index (χ0n) is 15.1. The first kappa shape index (κ1) is 16.9. The number of aromatic nitrogens is 1. The molecule has 1 heterocycles. The normalized spacial score (nSPS) is 10.7. The van der Waals surface area contributed by atoms with Crippen LogP contribution in [-0.2, 0) is 11.3 Å². The van der Waals surface area contributed by atoms with E-state index in [1.807, 2.05) is 60.7 Å². The fourth-order valence-corrected chi connectivity index (χ4v) is 3.31. The highest BCUT2D eigenvalue weighted by molar-refractivity contribution is 5.95. The molecule has 4 rings (SSSR count). The first-order chi connectivity index (χ1) is 13.3. The number of rotatable bonds is 5.